The van der Waals surface area contributed by atoms with Gasteiger partial charge in [-0.25, -0.2) is 15.0 Å². The Hall–Kier alpha value is -12.0. The molecule has 99 heavy (non-hydrogen) atoms. The summed E-state index contributed by atoms with van der Waals surface area (Å²) in [5.41, 5.74) is 23.9. The number of hydrogen-bond acceptors (Lipinski definition) is 5. The van der Waals surface area contributed by atoms with Crippen molar-refractivity contribution in [1.29, 1.82) is 0 Å². The van der Waals surface area contributed by atoms with E-state index < -0.39 is 0 Å². The molecular weight excluding hydrogens is 1200 g/mol. The van der Waals surface area contributed by atoms with Crippen molar-refractivity contribution in [1.82, 2.24) is 15.0 Å². The minimum Gasteiger partial charge on any atom is -0.311 e. The van der Waals surface area contributed by atoms with Gasteiger partial charge in [0.1, 0.15) is 0 Å². The molecule has 16 aromatic rings. The Labute approximate surface area is 579 Å². The molecule has 5 nitrogen and oxygen atoms in total. The van der Waals surface area contributed by atoms with E-state index in [0.717, 1.165) is 95.3 Å². The molecule has 0 saturated carbocycles. The molecule has 0 unspecified atom stereocenters. The fourth-order valence-corrected chi connectivity index (χ4v) is 15.5. The summed E-state index contributed by atoms with van der Waals surface area (Å²) in [6.45, 7) is 13.6. The van der Waals surface area contributed by atoms with Gasteiger partial charge in [0.2, 0.25) is 0 Å². The topological polar surface area (TPSA) is 45.2 Å². The predicted octanol–water partition coefficient (Wildman–Crippen LogP) is 22.8. The molecule has 0 saturated heterocycles. The van der Waals surface area contributed by atoms with E-state index in [9.17, 15) is 0 Å². The summed E-state index contributed by atoms with van der Waals surface area (Å²) in [6, 6.07) is 116. The molecule has 0 aliphatic carbocycles. The molecule has 6 heteroatoms. The molecule has 2 aliphatic heterocycles. The van der Waals surface area contributed by atoms with Crippen molar-refractivity contribution in [2.75, 3.05) is 9.80 Å². The number of fused-ring (bicyclic) bond motifs is 12. The lowest BCUT2D eigenvalue weighted by Gasteiger charge is -2.45. The average Bonchev–Trinajstić information content (AvgIpc) is 0.684. The van der Waals surface area contributed by atoms with Gasteiger partial charge in [-0.2, -0.15) is 0 Å². The van der Waals surface area contributed by atoms with E-state index in [1.807, 2.05) is 0 Å². The van der Waals surface area contributed by atoms with Crippen LogP contribution < -0.4 is 26.2 Å². The Morgan fingerprint density at radius 2 is 0.556 bits per heavy atom. The monoisotopic (exact) mass is 1270 g/mol. The molecule has 15 aromatic carbocycles. The van der Waals surface area contributed by atoms with E-state index in [2.05, 4.69) is 367 Å². The Kier molecular flexibility index (Phi) is 14.1. The summed E-state index contributed by atoms with van der Waals surface area (Å²) in [7, 11) is 0. The van der Waals surface area contributed by atoms with Crippen LogP contribution in [0.25, 0.3) is 122 Å². The highest BCUT2D eigenvalue weighted by molar-refractivity contribution is 7.01. The highest BCUT2D eigenvalue weighted by atomic mass is 15.2. The van der Waals surface area contributed by atoms with Crippen molar-refractivity contribution in [3.8, 4) is 78.7 Å². The predicted molar refractivity (Wildman–Crippen MR) is 419 cm³/mol. The van der Waals surface area contributed by atoms with Crippen LogP contribution in [0.15, 0.2) is 315 Å². The minimum absolute atomic E-state index is 0.0754. The second-order valence-electron chi connectivity index (χ2n) is 28.8. The molecule has 2 aliphatic rings. The van der Waals surface area contributed by atoms with Crippen molar-refractivity contribution >= 4 is 100 Å². The number of hydrogen-bond donors (Lipinski definition) is 0. The summed E-state index contributed by atoms with van der Waals surface area (Å²) in [5, 5.41) is 9.63. The summed E-state index contributed by atoms with van der Waals surface area (Å²) in [5.74, 6) is 1.69. The third-order valence-electron chi connectivity index (χ3n) is 20.5. The van der Waals surface area contributed by atoms with Gasteiger partial charge in [0.15, 0.2) is 17.5 Å². The van der Waals surface area contributed by atoms with E-state index in [1.165, 1.54) is 70.6 Å². The summed E-state index contributed by atoms with van der Waals surface area (Å²) < 4.78 is 0. The SMILES string of the molecule is CC(C)(C)c1ccc(N2c3cc(-c4nc(-c5cc(-c6ccccc6)cc(-c6ccccc6)c5)nc(-c5cc(-c6ccccc6)cc(-c6ccccc6)c5)n4)cc4c3B(c3ccc5c(ccc6ccccc65)c32)c2ccc3c(ccc5ccccc53)c2N4c2ccc(C(C)(C)C)cc2)cc1. The maximum absolute atomic E-state index is 5.86. The van der Waals surface area contributed by atoms with Gasteiger partial charge in [-0.3, -0.25) is 0 Å². The molecule has 0 atom stereocenters. The number of nitrogens with zero attached hydrogens (tertiary/aromatic N) is 5. The van der Waals surface area contributed by atoms with E-state index in [4.69, 9.17) is 15.0 Å². The molecule has 470 valence electrons. The van der Waals surface area contributed by atoms with Crippen molar-refractivity contribution in [2.24, 2.45) is 0 Å². The maximum atomic E-state index is 5.86. The molecule has 0 N–H and O–H groups in total. The Bertz CT molecular complexity index is 5390. The van der Waals surface area contributed by atoms with E-state index in [0.29, 0.717) is 17.5 Å². The van der Waals surface area contributed by atoms with E-state index >= 15 is 0 Å². The summed E-state index contributed by atoms with van der Waals surface area (Å²) in [6.07, 6.45) is 0. The number of rotatable bonds is 9. The Balaban J connectivity index is 0.982. The van der Waals surface area contributed by atoms with Crippen molar-refractivity contribution in [3.05, 3.63) is 327 Å². The second-order valence-corrected chi connectivity index (χ2v) is 28.8. The van der Waals surface area contributed by atoms with Gasteiger partial charge in [0, 0.05) is 61.6 Å². The van der Waals surface area contributed by atoms with Crippen LogP contribution in [0.3, 0.4) is 0 Å². The van der Waals surface area contributed by atoms with E-state index in [1.54, 1.807) is 0 Å². The normalized spacial score (nSPS) is 12.7. The first-order valence-electron chi connectivity index (χ1n) is 34.5. The average molecular weight is 1270 g/mol. The van der Waals surface area contributed by atoms with Gasteiger partial charge in [0.05, 0.1) is 0 Å². The Morgan fingerprint density at radius 3 is 0.899 bits per heavy atom. The highest BCUT2D eigenvalue weighted by Crippen LogP contribution is 2.51. The van der Waals surface area contributed by atoms with Crippen LogP contribution in [-0.2, 0) is 10.8 Å². The van der Waals surface area contributed by atoms with Gasteiger partial charge in [0.25, 0.3) is 6.71 Å². The molecule has 18 rings (SSSR count). The smallest absolute Gasteiger partial charge is 0.252 e. The van der Waals surface area contributed by atoms with E-state index in [-0.39, 0.29) is 17.5 Å². The van der Waals surface area contributed by atoms with Gasteiger partial charge in [-0.1, -0.05) is 284 Å². The zero-order chi connectivity index (χ0) is 66.7. The number of anilines is 6. The van der Waals surface area contributed by atoms with Crippen molar-refractivity contribution in [2.45, 2.75) is 52.4 Å². The first-order valence-corrected chi connectivity index (χ1v) is 34.5. The van der Waals surface area contributed by atoms with Crippen molar-refractivity contribution in [3.63, 3.8) is 0 Å². The first kappa shape index (κ1) is 59.5. The maximum Gasteiger partial charge on any atom is 0.252 e. The summed E-state index contributed by atoms with van der Waals surface area (Å²) >= 11 is 0. The molecule has 0 radical (unpaired) electrons. The lowest BCUT2D eigenvalue weighted by Crippen LogP contribution is -2.61. The molecule has 0 bridgehead atoms. The third kappa shape index (κ3) is 10.4. The molecule has 3 heterocycles. The quantitative estimate of drug-likeness (QED) is 0.106. The fraction of sp³-hybridized carbons (Fsp3) is 0.0860. The molecule has 1 aromatic heterocycles. The second kappa shape index (κ2) is 23.4. The van der Waals surface area contributed by atoms with Gasteiger partial charge < -0.3 is 9.80 Å². The number of benzene rings is 15. The Morgan fingerprint density at radius 1 is 0.253 bits per heavy atom. The van der Waals surface area contributed by atoms with Gasteiger partial charge >= 0.3 is 0 Å². The van der Waals surface area contributed by atoms with Gasteiger partial charge in [-0.05, 0) is 188 Å². The standard InChI is InChI=1S/C93H70BN5/c1-92(2,3)72-37-41-74(42-38-72)98-84-57-71(91-96-89(69-53-65(59-23-11-7-12-24-59)51-66(54-69)60-25-13-8-14-26-60)95-90(97-91)70-55-67(61-27-15-9-16-28-61)52-68(56-70)62-29-17-10-18-30-62)58-85-86(84)94(82-49-47-78-76-33-21-19-31-63(76)35-45-80(78)87(82)98)83-50-48-79-77-34-22-20-32-64(77)36-46-81(79)88(83)99(85)75-43-39-73(40-44-75)93(4,5)6/h7-58H,1-6H3. The molecular formula is C93H70BN5. The lowest BCUT2D eigenvalue weighted by molar-refractivity contribution is 0.590. The highest BCUT2D eigenvalue weighted by Gasteiger charge is 2.45. The minimum atomic E-state index is -0.199. The fourth-order valence-electron chi connectivity index (χ4n) is 15.5. The zero-order valence-electron chi connectivity index (χ0n) is 56.3. The van der Waals surface area contributed by atoms with Crippen LogP contribution in [0.5, 0.6) is 0 Å². The third-order valence-corrected chi connectivity index (χ3v) is 20.5. The zero-order valence-corrected chi connectivity index (χ0v) is 56.3. The summed E-state index contributed by atoms with van der Waals surface area (Å²) in [4.78, 5) is 22.6. The van der Waals surface area contributed by atoms with Crippen molar-refractivity contribution < 1.29 is 0 Å². The largest absolute Gasteiger partial charge is 0.311 e. The lowest BCUT2D eigenvalue weighted by atomic mass is 9.33. The first-order chi connectivity index (χ1) is 48.3. The number of aromatic nitrogens is 3. The van der Waals surface area contributed by atoms with Gasteiger partial charge in [-0.15, -0.1) is 0 Å². The van der Waals surface area contributed by atoms with Crippen LogP contribution >= 0.6 is 0 Å². The van der Waals surface area contributed by atoms with Crippen LogP contribution in [0.4, 0.5) is 34.1 Å². The van der Waals surface area contributed by atoms with Crippen LogP contribution in [0.1, 0.15) is 52.7 Å². The van der Waals surface area contributed by atoms with Crippen LogP contribution in [0.2, 0.25) is 0 Å². The molecule has 0 amide bonds. The molecule has 0 spiro atoms. The van der Waals surface area contributed by atoms with Crippen LogP contribution in [0, 0.1) is 0 Å². The molecule has 0 fully saturated rings. The van der Waals surface area contributed by atoms with Crippen LogP contribution in [-0.4, -0.2) is 21.7 Å².